The third-order valence-electron chi connectivity index (χ3n) is 4.08. The molecule has 0 radical (unpaired) electrons. The lowest BCUT2D eigenvalue weighted by atomic mass is 10.2. The van der Waals surface area contributed by atoms with E-state index in [0.29, 0.717) is 12.5 Å². The Kier molecular flexibility index (Phi) is 11.6. The van der Waals surface area contributed by atoms with Gasteiger partial charge in [0.2, 0.25) is 0 Å². The van der Waals surface area contributed by atoms with Crippen LogP contribution >= 0.6 is 24.0 Å². The Labute approximate surface area is 169 Å². The molecule has 1 aromatic rings. The number of para-hydroxylation sites is 1. The average Bonchev–Trinajstić information content (AvgIpc) is 3.10. The van der Waals surface area contributed by atoms with Crippen LogP contribution in [0.15, 0.2) is 35.3 Å². The number of ether oxygens (including phenoxy) is 1. The van der Waals surface area contributed by atoms with E-state index in [1.807, 2.05) is 30.3 Å². The second-order valence-corrected chi connectivity index (χ2v) is 6.42. The van der Waals surface area contributed by atoms with Crippen LogP contribution in [0.2, 0.25) is 0 Å². The topological polar surface area (TPSA) is 48.9 Å². The zero-order valence-electron chi connectivity index (χ0n) is 15.5. The molecular formula is C19H33IN4O. The first-order chi connectivity index (χ1) is 11.8. The summed E-state index contributed by atoms with van der Waals surface area (Å²) in [4.78, 5) is 7.26. The molecule has 142 valence electrons. The first-order valence-electron chi connectivity index (χ1n) is 9.20. The monoisotopic (exact) mass is 460 g/mol. The molecule has 2 rings (SSSR count). The van der Waals surface area contributed by atoms with Crippen molar-refractivity contribution < 1.29 is 4.74 Å². The van der Waals surface area contributed by atoms with Gasteiger partial charge in [-0.3, -0.25) is 4.99 Å². The first kappa shape index (κ1) is 22.0. The first-order valence-corrected chi connectivity index (χ1v) is 9.20. The van der Waals surface area contributed by atoms with Gasteiger partial charge in [0.1, 0.15) is 12.4 Å². The molecule has 0 spiro atoms. The fraction of sp³-hybridized carbons (Fsp3) is 0.632. The van der Waals surface area contributed by atoms with E-state index in [4.69, 9.17) is 9.73 Å². The minimum Gasteiger partial charge on any atom is -0.492 e. The quantitative estimate of drug-likeness (QED) is 0.258. The molecular weight excluding hydrogens is 427 g/mol. The molecule has 1 fully saturated rings. The molecule has 1 atom stereocenters. The third kappa shape index (κ3) is 9.30. The lowest BCUT2D eigenvalue weighted by Gasteiger charge is -2.19. The summed E-state index contributed by atoms with van der Waals surface area (Å²) in [6, 6.07) is 9.90. The van der Waals surface area contributed by atoms with Gasteiger partial charge in [-0.15, -0.1) is 24.0 Å². The van der Waals surface area contributed by atoms with Crippen molar-refractivity contribution in [3.05, 3.63) is 30.3 Å². The highest BCUT2D eigenvalue weighted by Crippen LogP contribution is 2.10. The van der Waals surface area contributed by atoms with Gasteiger partial charge in [0, 0.05) is 19.6 Å². The predicted molar refractivity (Wildman–Crippen MR) is 116 cm³/mol. The van der Waals surface area contributed by atoms with Crippen LogP contribution in [-0.2, 0) is 0 Å². The van der Waals surface area contributed by atoms with Crippen LogP contribution in [0.25, 0.3) is 0 Å². The summed E-state index contributed by atoms with van der Waals surface area (Å²) in [5, 5.41) is 6.64. The number of rotatable bonds is 9. The van der Waals surface area contributed by atoms with Crippen LogP contribution in [0.1, 0.15) is 26.7 Å². The zero-order valence-corrected chi connectivity index (χ0v) is 17.9. The molecule has 0 bridgehead atoms. The van der Waals surface area contributed by atoms with Gasteiger partial charge in [-0.1, -0.05) is 25.1 Å². The van der Waals surface area contributed by atoms with Crippen molar-refractivity contribution in [1.29, 1.82) is 0 Å². The van der Waals surface area contributed by atoms with Gasteiger partial charge in [-0.25, -0.2) is 0 Å². The summed E-state index contributed by atoms with van der Waals surface area (Å²) in [6.45, 7) is 11.1. The summed E-state index contributed by atoms with van der Waals surface area (Å²) < 4.78 is 5.70. The van der Waals surface area contributed by atoms with Gasteiger partial charge in [-0.2, -0.15) is 0 Å². The number of guanidine groups is 1. The molecule has 0 aromatic heterocycles. The number of hydrogen-bond acceptors (Lipinski definition) is 3. The van der Waals surface area contributed by atoms with Crippen LogP contribution in [0.5, 0.6) is 5.75 Å². The van der Waals surface area contributed by atoms with Crippen LogP contribution in [0.4, 0.5) is 0 Å². The molecule has 0 amide bonds. The van der Waals surface area contributed by atoms with Gasteiger partial charge in [0.05, 0.1) is 6.54 Å². The molecule has 1 saturated heterocycles. The van der Waals surface area contributed by atoms with Crippen molar-refractivity contribution in [3.8, 4) is 5.75 Å². The number of nitrogens with zero attached hydrogens (tertiary/aromatic N) is 2. The lowest BCUT2D eigenvalue weighted by molar-refractivity contribution is 0.291. The van der Waals surface area contributed by atoms with Crippen LogP contribution in [-0.4, -0.2) is 56.7 Å². The summed E-state index contributed by atoms with van der Waals surface area (Å²) in [6.07, 6.45) is 2.70. The maximum Gasteiger partial charge on any atom is 0.191 e. The molecule has 1 unspecified atom stereocenters. The van der Waals surface area contributed by atoms with Gasteiger partial charge < -0.3 is 20.3 Å². The summed E-state index contributed by atoms with van der Waals surface area (Å²) >= 11 is 0. The Morgan fingerprint density at radius 3 is 2.60 bits per heavy atom. The molecule has 2 N–H and O–H groups in total. The Morgan fingerprint density at radius 2 is 1.92 bits per heavy atom. The highest BCUT2D eigenvalue weighted by atomic mass is 127. The molecule has 1 heterocycles. The second-order valence-electron chi connectivity index (χ2n) is 6.42. The molecule has 5 nitrogen and oxygen atoms in total. The normalized spacial score (nSPS) is 16.2. The van der Waals surface area contributed by atoms with E-state index >= 15 is 0 Å². The van der Waals surface area contributed by atoms with E-state index in [9.17, 15) is 0 Å². The number of nitrogens with one attached hydrogen (secondary N) is 2. The summed E-state index contributed by atoms with van der Waals surface area (Å²) in [7, 11) is 0. The number of likely N-dealkylation sites (tertiary alicyclic amines) is 1. The molecule has 25 heavy (non-hydrogen) atoms. The SMILES string of the molecule is CCNC(=NCC(C)CN1CCCC1)NCCOc1ccccc1.I. The van der Waals surface area contributed by atoms with Crippen molar-refractivity contribution >= 4 is 29.9 Å². The van der Waals surface area contributed by atoms with E-state index < -0.39 is 0 Å². The molecule has 1 aliphatic rings. The van der Waals surface area contributed by atoms with E-state index in [2.05, 4.69) is 29.4 Å². The Bertz CT molecular complexity index is 478. The summed E-state index contributed by atoms with van der Waals surface area (Å²) in [5.41, 5.74) is 0. The van der Waals surface area contributed by atoms with Gasteiger partial charge in [-0.05, 0) is 50.9 Å². The highest BCUT2D eigenvalue weighted by molar-refractivity contribution is 14.0. The van der Waals surface area contributed by atoms with Crippen molar-refractivity contribution in [2.24, 2.45) is 10.9 Å². The molecule has 1 aliphatic heterocycles. The van der Waals surface area contributed by atoms with Crippen molar-refractivity contribution in [1.82, 2.24) is 15.5 Å². The molecule has 0 aliphatic carbocycles. The largest absolute Gasteiger partial charge is 0.492 e. The Hall–Kier alpha value is -1.02. The van der Waals surface area contributed by atoms with E-state index in [-0.39, 0.29) is 24.0 Å². The number of hydrogen-bond donors (Lipinski definition) is 2. The van der Waals surface area contributed by atoms with Crippen LogP contribution < -0.4 is 15.4 Å². The van der Waals surface area contributed by atoms with Gasteiger partial charge in [0.25, 0.3) is 0 Å². The standard InChI is InChI=1S/C19H32N4O.HI/c1-3-20-19(21-11-14-24-18-9-5-4-6-10-18)22-15-17(2)16-23-12-7-8-13-23;/h4-6,9-10,17H,3,7-8,11-16H2,1-2H3,(H2,20,21,22);1H. The Morgan fingerprint density at radius 1 is 1.20 bits per heavy atom. The van der Waals surface area contributed by atoms with Crippen molar-refractivity contribution in [3.63, 3.8) is 0 Å². The second kappa shape index (κ2) is 13.2. The smallest absolute Gasteiger partial charge is 0.191 e. The minimum absolute atomic E-state index is 0. The van der Waals surface area contributed by atoms with Gasteiger partial charge >= 0.3 is 0 Å². The maximum atomic E-state index is 5.70. The predicted octanol–water partition coefficient (Wildman–Crippen LogP) is 2.97. The van der Waals surface area contributed by atoms with E-state index in [0.717, 1.165) is 37.9 Å². The lowest BCUT2D eigenvalue weighted by Crippen LogP contribution is -2.40. The van der Waals surface area contributed by atoms with E-state index in [1.54, 1.807) is 0 Å². The fourth-order valence-electron chi connectivity index (χ4n) is 2.91. The summed E-state index contributed by atoms with van der Waals surface area (Å²) in [5.74, 6) is 2.36. The molecule has 6 heteroatoms. The third-order valence-corrected chi connectivity index (χ3v) is 4.08. The Balaban J connectivity index is 0.00000312. The van der Waals surface area contributed by atoms with Gasteiger partial charge in [0.15, 0.2) is 5.96 Å². The average molecular weight is 460 g/mol. The molecule has 0 saturated carbocycles. The van der Waals surface area contributed by atoms with Crippen LogP contribution in [0, 0.1) is 5.92 Å². The number of benzene rings is 1. The highest BCUT2D eigenvalue weighted by Gasteiger charge is 2.14. The van der Waals surface area contributed by atoms with Crippen molar-refractivity contribution in [2.75, 3.05) is 45.9 Å². The minimum atomic E-state index is 0. The maximum absolute atomic E-state index is 5.70. The van der Waals surface area contributed by atoms with Crippen LogP contribution in [0.3, 0.4) is 0 Å². The van der Waals surface area contributed by atoms with Crippen molar-refractivity contribution in [2.45, 2.75) is 26.7 Å². The van der Waals surface area contributed by atoms with E-state index in [1.165, 1.54) is 25.9 Å². The molecule has 1 aromatic carbocycles. The fourth-order valence-corrected chi connectivity index (χ4v) is 2.91. The number of aliphatic imine (C=N–C) groups is 1. The number of halogens is 1. The zero-order chi connectivity index (χ0) is 17.0.